The Kier molecular flexibility index (Phi) is 2.63. The van der Waals surface area contributed by atoms with Crippen molar-refractivity contribution in [1.82, 2.24) is 9.59 Å². The molecular weight excluding hydrogens is 198 g/mol. The van der Waals surface area contributed by atoms with E-state index in [2.05, 4.69) is 14.3 Å². The van der Waals surface area contributed by atoms with Gasteiger partial charge in [-0.3, -0.25) is 4.72 Å². The molecule has 0 saturated carbocycles. The number of hydrogen-bond donors (Lipinski definition) is 1. The largest absolute Gasteiger partial charge is 0.272 e. The van der Waals surface area contributed by atoms with Gasteiger partial charge in [-0.2, -0.15) is 0 Å². The normalized spacial score (nSPS) is 11.9. The molecule has 1 N–H and O–H groups in total. The number of hydrogen-bond acceptors (Lipinski definition) is 5. The van der Waals surface area contributed by atoms with E-state index in [9.17, 15) is 8.42 Å². The van der Waals surface area contributed by atoms with Gasteiger partial charge >= 0.3 is 0 Å². The van der Waals surface area contributed by atoms with Crippen molar-refractivity contribution in [2.75, 3.05) is 4.72 Å². The van der Waals surface area contributed by atoms with E-state index in [0.29, 0.717) is 5.00 Å². The summed E-state index contributed by atoms with van der Waals surface area (Å²) in [5.41, 5.74) is 0. The van der Waals surface area contributed by atoms with Crippen LogP contribution in [-0.2, 0) is 10.0 Å². The highest BCUT2D eigenvalue weighted by Crippen LogP contribution is 2.13. The maximum absolute atomic E-state index is 11.2. The van der Waals surface area contributed by atoms with E-state index in [1.54, 1.807) is 13.8 Å². The first-order valence-corrected chi connectivity index (χ1v) is 5.63. The molecule has 0 aromatic carbocycles. The van der Waals surface area contributed by atoms with E-state index in [4.69, 9.17) is 0 Å². The summed E-state index contributed by atoms with van der Waals surface area (Å²) in [4.78, 5) is 0. The monoisotopic (exact) mass is 207 g/mol. The molecule has 0 unspecified atom stereocenters. The highest BCUT2D eigenvalue weighted by atomic mass is 32.2. The molecule has 1 rings (SSSR count). The third-order valence-corrected chi connectivity index (χ3v) is 3.68. The lowest BCUT2D eigenvalue weighted by atomic mass is 10.6. The topological polar surface area (TPSA) is 72.0 Å². The fourth-order valence-electron chi connectivity index (χ4n) is 0.470. The van der Waals surface area contributed by atoms with Crippen LogP contribution in [0.15, 0.2) is 6.20 Å². The number of nitrogens with one attached hydrogen (secondary N) is 1. The number of nitrogens with zero attached hydrogens (tertiary/aromatic N) is 2. The maximum atomic E-state index is 11.2. The summed E-state index contributed by atoms with van der Waals surface area (Å²) >= 11 is 1.02. The summed E-state index contributed by atoms with van der Waals surface area (Å²) in [6, 6.07) is 0. The molecule has 0 atom stereocenters. The first-order valence-electron chi connectivity index (χ1n) is 3.31. The fourth-order valence-corrected chi connectivity index (χ4v) is 1.81. The van der Waals surface area contributed by atoms with Crippen LogP contribution in [0.4, 0.5) is 5.00 Å². The number of sulfonamides is 1. The molecule has 0 bridgehead atoms. The van der Waals surface area contributed by atoms with Gasteiger partial charge in [0.1, 0.15) is 5.00 Å². The van der Waals surface area contributed by atoms with Crippen LogP contribution < -0.4 is 4.72 Å². The molecule has 12 heavy (non-hydrogen) atoms. The van der Waals surface area contributed by atoms with Crippen LogP contribution in [0.3, 0.4) is 0 Å². The summed E-state index contributed by atoms with van der Waals surface area (Å²) in [6.07, 6.45) is 1.38. The van der Waals surface area contributed by atoms with Gasteiger partial charge in [0.2, 0.25) is 10.0 Å². The van der Waals surface area contributed by atoms with Gasteiger partial charge in [0, 0.05) is 11.5 Å². The number of rotatable bonds is 3. The zero-order valence-corrected chi connectivity index (χ0v) is 8.32. The molecular formula is C5H9N3O2S2. The second-order valence-corrected chi connectivity index (χ2v) is 5.50. The van der Waals surface area contributed by atoms with Crippen LogP contribution >= 0.6 is 11.5 Å². The summed E-state index contributed by atoms with van der Waals surface area (Å²) in [6.45, 7) is 3.22. The second-order valence-electron chi connectivity index (χ2n) is 2.48. The third-order valence-electron chi connectivity index (χ3n) is 1.22. The van der Waals surface area contributed by atoms with E-state index < -0.39 is 15.3 Å². The van der Waals surface area contributed by atoms with Crippen molar-refractivity contribution in [2.24, 2.45) is 0 Å². The SMILES string of the molecule is CC(C)S(=O)(=O)Nc1cnns1. The summed E-state index contributed by atoms with van der Waals surface area (Å²) in [5, 5.41) is 3.51. The molecule has 0 aliphatic carbocycles. The van der Waals surface area contributed by atoms with E-state index in [1.165, 1.54) is 6.20 Å². The Bertz CT molecular complexity index is 330. The Hall–Kier alpha value is -0.690. The van der Waals surface area contributed by atoms with Gasteiger partial charge in [0.15, 0.2) is 0 Å². The minimum atomic E-state index is -3.24. The molecule has 68 valence electrons. The van der Waals surface area contributed by atoms with Gasteiger partial charge in [0.05, 0.1) is 11.4 Å². The first kappa shape index (κ1) is 9.40. The van der Waals surface area contributed by atoms with Gasteiger partial charge < -0.3 is 0 Å². The van der Waals surface area contributed by atoms with Gasteiger partial charge in [0.25, 0.3) is 0 Å². The highest BCUT2D eigenvalue weighted by molar-refractivity contribution is 7.93. The lowest BCUT2D eigenvalue weighted by molar-refractivity contribution is 0.593. The van der Waals surface area contributed by atoms with Crippen molar-refractivity contribution in [3.8, 4) is 0 Å². The van der Waals surface area contributed by atoms with E-state index in [1.807, 2.05) is 0 Å². The predicted octanol–water partition coefficient (Wildman–Crippen LogP) is 0.688. The lowest BCUT2D eigenvalue weighted by Crippen LogP contribution is -2.21. The van der Waals surface area contributed by atoms with Crippen LogP contribution in [0.5, 0.6) is 0 Å². The Morgan fingerprint density at radius 2 is 2.25 bits per heavy atom. The van der Waals surface area contributed by atoms with Crippen LogP contribution in [0.1, 0.15) is 13.8 Å². The number of aromatic nitrogens is 2. The second kappa shape index (κ2) is 3.36. The first-order chi connectivity index (χ1) is 5.52. The molecule has 0 fully saturated rings. The van der Waals surface area contributed by atoms with E-state index in [-0.39, 0.29) is 0 Å². The molecule has 0 amide bonds. The molecule has 1 aromatic rings. The standard InChI is InChI=1S/C5H9N3O2S2/c1-4(2)12(9,10)7-5-3-6-8-11-5/h3-4,7H,1-2H3. The summed E-state index contributed by atoms with van der Waals surface area (Å²) < 4.78 is 28.4. The lowest BCUT2D eigenvalue weighted by Gasteiger charge is -2.06. The van der Waals surface area contributed by atoms with Crippen molar-refractivity contribution in [1.29, 1.82) is 0 Å². The molecule has 0 radical (unpaired) electrons. The van der Waals surface area contributed by atoms with Crippen LogP contribution in [0.2, 0.25) is 0 Å². The third kappa shape index (κ3) is 2.15. The Morgan fingerprint density at radius 3 is 2.67 bits per heavy atom. The predicted molar refractivity (Wildman–Crippen MR) is 47.6 cm³/mol. The molecule has 0 spiro atoms. The molecule has 0 aliphatic rings. The quantitative estimate of drug-likeness (QED) is 0.791. The van der Waals surface area contributed by atoms with Crippen LogP contribution in [-0.4, -0.2) is 23.3 Å². The zero-order valence-electron chi connectivity index (χ0n) is 6.68. The van der Waals surface area contributed by atoms with Gasteiger partial charge in [-0.15, -0.1) is 5.10 Å². The van der Waals surface area contributed by atoms with Crippen molar-refractivity contribution >= 4 is 26.6 Å². The Morgan fingerprint density at radius 1 is 1.58 bits per heavy atom. The van der Waals surface area contributed by atoms with Gasteiger partial charge in [-0.1, -0.05) is 4.49 Å². The van der Waals surface area contributed by atoms with E-state index in [0.717, 1.165) is 11.5 Å². The molecule has 0 saturated heterocycles. The maximum Gasteiger partial charge on any atom is 0.235 e. The van der Waals surface area contributed by atoms with Crippen molar-refractivity contribution in [3.05, 3.63) is 6.20 Å². The zero-order chi connectivity index (χ0) is 9.19. The van der Waals surface area contributed by atoms with Gasteiger partial charge in [-0.05, 0) is 13.8 Å². The Balaban J connectivity index is 2.77. The molecule has 0 aliphatic heterocycles. The minimum Gasteiger partial charge on any atom is -0.272 e. The molecule has 1 heterocycles. The smallest absolute Gasteiger partial charge is 0.235 e. The average molecular weight is 207 g/mol. The van der Waals surface area contributed by atoms with Crippen LogP contribution in [0, 0.1) is 0 Å². The fraction of sp³-hybridized carbons (Fsp3) is 0.600. The summed E-state index contributed by atoms with van der Waals surface area (Å²) in [7, 11) is -3.24. The van der Waals surface area contributed by atoms with Gasteiger partial charge in [-0.25, -0.2) is 8.42 Å². The highest BCUT2D eigenvalue weighted by Gasteiger charge is 2.16. The molecule has 7 heteroatoms. The van der Waals surface area contributed by atoms with Crippen molar-refractivity contribution in [3.63, 3.8) is 0 Å². The van der Waals surface area contributed by atoms with Crippen LogP contribution in [0.25, 0.3) is 0 Å². The van der Waals surface area contributed by atoms with E-state index >= 15 is 0 Å². The summed E-state index contributed by atoms with van der Waals surface area (Å²) in [5.74, 6) is 0. The van der Waals surface area contributed by atoms with Crippen molar-refractivity contribution in [2.45, 2.75) is 19.1 Å². The molecule has 1 aromatic heterocycles. The van der Waals surface area contributed by atoms with Crippen molar-refractivity contribution < 1.29 is 8.42 Å². The minimum absolute atomic E-state index is 0.445. The average Bonchev–Trinajstić information content (AvgIpc) is 2.38. The number of anilines is 1. The Labute approximate surface area is 75.0 Å². The molecule has 5 nitrogen and oxygen atoms in total.